The molecule has 2 aromatic carbocycles. The van der Waals surface area contributed by atoms with Crippen LogP contribution in [0, 0.1) is 0 Å². The minimum atomic E-state index is 0.197. The first-order valence-corrected chi connectivity index (χ1v) is 5.78. The Balaban J connectivity index is 1.86. The maximum atomic E-state index is 3.65. The van der Waals surface area contributed by atoms with E-state index in [1.165, 1.54) is 24.1 Å². The topological polar surface area (TPSA) is 12.0 Å². The summed E-state index contributed by atoms with van der Waals surface area (Å²) in [5.74, 6) is 0. The predicted molar refractivity (Wildman–Crippen MR) is 67.4 cm³/mol. The molecule has 16 heavy (non-hydrogen) atoms. The summed E-state index contributed by atoms with van der Waals surface area (Å²) in [7, 11) is 0. The molecular formula is C15H15N. The second kappa shape index (κ2) is 3.67. The van der Waals surface area contributed by atoms with Crippen LogP contribution in [0.3, 0.4) is 0 Å². The normalized spacial score (nSPS) is 16.8. The highest BCUT2D eigenvalue weighted by atomic mass is 15.0. The van der Waals surface area contributed by atoms with Gasteiger partial charge < -0.3 is 5.32 Å². The molecule has 0 radical (unpaired) electrons. The molecule has 0 atom stereocenters. The monoisotopic (exact) mass is 209 g/mol. The van der Waals surface area contributed by atoms with Gasteiger partial charge in [-0.25, -0.2) is 0 Å². The highest BCUT2D eigenvalue weighted by Gasteiger charge is 2.44. The van der Waals surface area contributed by atoms with Crippen LogP contribution in [0.1, 0.15) is 18.4 Å². The minimum Gasteiger partial charge on any atom is -0.376 e. The van der Waals surface area contributed by atoms with E-state index in [1.807, 2.05) is 6.07 Å². The predicted octanol–water partition coefficient (Wildman–Crippen LogP) is 3.79. The van der Waals surface area contributed by atoms with E-state index in [-0.39, 0.29) is 5.54 Å². The van der Waals surface area contributed by atoms with E-state index in [0.717, 1.165) is 0 Å². The van der Waals surface area contributed by atoms with Crippen molar-refractivity contribution in [3.63, 3.8) is 0 Å². The summed E-state index contributed by atoms with van der Waals surface area (Å²) in [6, 6.07) is 21.2. The molecule has 1 aliphatic rings. The zero-order chi connectivity index (χ0) is 10.8. The van der Waals surface area contributed by atoms with E-state index >= 15 is 0 Å². The molecule has 0 aromatic heterocycles. The maximum absolute atomic E-state index is 3.65. The summed E-state index contributed by atoms with van der Waals surface area (Å²) in [5.41, 5.74) is 2.81. The molecule has 0 aliphatic heterocycles. The van der Waals surface area contributed by atoms with Crippen LogP contribution in [0.15, 0.2) is 60.7 Å². The lowest BCUT2D eigenvalue weighted by Crippen LogP contribution is -2.18. The minimum absolute atomic E-state index is 0.197. The first-order chi connectivity index (χ1) is 7.89. The molecule has 2 aromatic rings. The zero-order valence-corrected chi connectivity index (χ0v) is 9.19. The van der Waals surface area contributed by atoms with E-state index in [9.17, 15) is 0 Å². The molecular weight excluding hydrogens is 194 g/mol. The van der Waals surface area contributed by atoms with Gasteiger partial charge in [-0.3, -0.25) is 0 Å². The molecule has 0 amide bonds. The van der Waals surface area contributed by atoms with E-state index in [0.29, 0.717) is 0 Å². The Morgan fingerprint density at radius 2 is 1.31 bits per heavy atom. The third-order valence-electron chi connectivity index (χ3n) is 3.23. The van der Waals surface area contributed by atoms with Crippen LogP contribution in [0.25, 0.3) is 0 Å². The van der Waals surface area contributed by atoms with Gasteiger partial charge in [-0.2, -0.15) is 0 Å². The average molecular weight is 209 g/mol. The number of para-hydroxylation sites is 1. The van der Waals surface area contributed by atoms with E-state index < -0.39 is 0 Å². The maximum Gasteiger partial charge on any atom is 0.0627 e. The smallest absolute Gasteiger partial charge is 0.0627 e. The van der Waals surface area contributed by atoms with Gasteiger partial charge in [0.1, 0.15) is 0 Å². The Bertz CT molecular complexity index is 457. The summed E-state index contributed by atoms with van der Waals surface area (Å²) >= 11 is 0. The Morgan fingerprint density at radius 1 is 0.750 bits per heavy atom. The molecule has 0 saturated heterocycles. The average Bonchev–Trinajstić information content (AvgIpc) is 3.13. The van der Waals surface area contributed by atoms with Crippen LogP contribution in [-0.4, -0.2) is 0 Å². The summed E-state index contributed by atoms with van der Waals surface area (Å²) in [5, 5.41) is 3.65. The molecule has 1 aliphatic carbocycles. The van der Waals surface area contributed by atoms with Gasteiger partial charge in [0.05, 0.1) is 5.54 Å². The van der Waals surface area contributed by atoms with Gasteiger partial charge >= 0.3 is 0 Å². The van der Waals surface area contributed by atoms with Gasteiger partial charge in [0.2, 0.25) is 0 Å². The lowest BCUT2D eigenvalue weighted by molar-refractivity contribution is 0.808. The molecule has 1 fully saturated rings. The lowest BCUT2D eigenvalue weighted by atomic mass is 10.0. The standard InChI is InChI=1S/C15H15N/c1-3-7-13(8-4-1)15(11-12-15)16-14-9-5-2-6-10-14/h1-10,16H,11-12H2. The fourth-order valence-electron chi connectivity index (χ4n) is 2.17. The Labute approximate surface area is 96.1 Å². The van der Waals surface area contributed by atoms with Gasteiger partial charge in [0, 0.05) is 5.69 Å². The largest absolute Gasteiger partial charge is 0.376 e. The van der Waals surface area contributed by atoms with Gasteiger partial charge in [-0.05, 0) is 30.5 Å². The number of anilines is 1. The van der Waals surface area contributed by atoms with E-state index in [1.54, 1.807) is 0 Å². The third-order valence-corrected chi connectivity index (χ3v) is 3.23. The molecule has 1 nitrogen and oxygen atoms in total. The summed E-state index contributed by atoms with van der Waals surface area (Å²) in [6.45, 7) is 0. The van der Waals surface area contributed by atoms with Gasteiger partial charge in [0.25, 0.3) is 0 Å². The molecule has 80 valence electrons. The molecule has 0 bridgehead atoms. The zero-order valence-electron chi connectivity index (χ0n) is 9.19. The number of nitrogens with one attached hydrogen (secondary N) is 1. The molecule has 1 heteroatoms. The number of rotatable bonds is 3. The summed E-state index contributed by atoms with van der Waals surface area (Å²) in [4.78, 5) is 0. The van der Waals surface area contributed by atoms with Crippen LogP contribution < -0.4 is 5.32 Å². The van der Waals surface area contributed by atoms with Crippen LogP contribution in [0.4, 0.5) is 5.69 Å². The van der Waals surface area contributed by atoms with E-state index in [4.69, 9.17) is 0 Å². The second-order valence-electron chi connectivity index (χ2n) is 4.44. The van der Waals surface area contributed by atoms with Gasteiger partial charge in [-0.1, -0.05) is 48.5 Å². The molecule has 1 N–H and O–H groups in total. The van der Waals surface area contributed by atoms with Gasteiger partial charge in [-0.15, -0.1) is 0 Å². The van der Waals surface area contributed by atoms with E-state index in [2.05, 4.69) is 59.9 Å². The van der Waals surface area contributed by atoms with Crippen molar-refractivity contribution in [1.29, 1.82) is 0 Å². The molecule has 0 unspecified atom stereocenters. The Kier molecular flexibility index (Phi) is 2.17. The van der Waals surface area contributed by atoms with Crippen molar-refractivity contribution in [1.82, 2.24) is 0 Å². The third kappa shape index (κ3) is 1.69. The van der Waals surface area contributed by atoms with Crippen molar-refractivity contribution in [2.24, 2.45) is 0 Å². The fourth-order valence-corrected chi connectivity index (χ4v) is 2.17. The van der Waals surface area contributed by atoms with Crippen molar-refractivity contribution in [2.45, 2.75) is 18.4 Å². The van der Waals surface area contributed by atoms with Crippen LogP contribution >= 0.6 is 0 Å². The molecule has 0 heterocycles. The lowest BCUT2D eigenvalue weighted by Gasteiger charge is -2.19. The number of benzene rings is 2. The molecule has 3 rings (SSSR count). The van der Waals surface area contributed by atoms with Gasteiger partial charge in [0.15, 0.2) is 0 Å². The number of hydrogen-bond donors (Lipinski definition) is 1. The summed E-state index contributed by atoms with van der Waals surface area (Å²) in [6.07, 6.45) is 2.46. The highest BCUT2D eigenvalue weighted by molar-refractivity contribution is 5.50. The molecule has 1 saturated carbocycles. The van der Waals surface area contributed by atoms with Crippen LogP contribution in [0.2, 0.25) is 0 Å². The quantitative estimate of drug-likeness (QED) is 0.811. The Morgan fingerprint density at radius 3 is 1.88 bits per heavy atom. The van der Waals surface area contributed by atoms with Crippen molar-refractivity contribution < 1.29 is 0 Å². The van der Waals surface area contributed by atoms with Crippen LogP contribution in [0.5, 0.6) is 0 Å². The number of hydrogen-bond acceptors (Lipinski definition) is 1. The van der Waals surface area contributed by atoms with Crippen molar-refractivity contribution in [3.05, 3.63) is 66.2 Å². The first kappa shape index (κ1) is 9.46. The van der Waals surface area contributed by atoms with Crippen molar-refractivity contribution >= 4 is 5.69 Å². The van der Waals surface area contributed by atoms with Crippen molar-refractivity contribution in [3.8, 4) is 0 Å². The van der Waals surface area contributed by atoms with Crippen LogP contribution in [-0.2, 0) is 5.54 Å². The summed E-state index contributed by atoms with van der Waals surface area (Å²) < 4.78 is 0. The highest BCUT2D eigenvalue weighted by Crippen LogP contribution is 2.48. The first-order valence-electron chi connectivity index (χ1n) is 5.78. The van der Waals surface area contributed by atoms with Crippen molar-refractivity contribution in [2.75, 3.05) is 5.32 Å². The fraction of sp³-hybridized carbons (Fsp3) is 0.200. The Hall–Kier alpha value is -1.76. The molecule has 0 spiro atoms. The SMILES string of the molecule is c1ccc(NC2(c3ccccc3)CC2)cc1. The second-order valence-corrected chi connectivity index (χ2v) is 4.44.